The lowest BCUT2D eigenvalue weighted by molar-refractivity contribution is -0.169. The van der Waals surface area contributed by atoms with Gasteiger partial charge in [0.2, 0.25) is 0 Å². The van der Waals surface area contributed by atoms with Gasteiger partial charge < -0.3 is 4.74 Å². The van der Waals surface area contributed by atoms with Gasteiger partial charge in [0, 0.05) is 3.92 Å². The molecule has 3 aliphatic rings. The van der Waals surface area contributed by atoms with Gasteiger partial charge in [-0.25, -0.2) is 0 Å². The van der Waals surface area contributed by atoms with E-state index in [1.54, 1.807) is 0 Å². The van der Waals surface area contributed by atoms with Crippen LogP contribution in [0.2, 0.25) is 0 Å². The maximum atomic E-state index is 12.5. The van der Waals surface area contributed by atoms with E-state index in [9.17, 15) is 8.78 Å². The molecule has 1 nitrogen and oxygen atoms in total. The highest BCUT2D eigenvalue weighted by molar-refractivity contribution is 14.1. The molecule has 4 heteroatoms. The van der Waals surface area contributed by atoms with Crippen molar-refractivity contribution in [3.8, 4) is 0 Å². The molecule has 0 aromatic heterocycles. The zero-order chi connectivity index (χ0) is 18.5. The van der Waals surface area contributed by atoms with Crippen molar-refractivity contribution < 1.29 is 13.5 Å². The second-order valence-electron chi connectivity index (χ2n) is 9.51. The van der Waals surface area contributed by atoms with E-state index in [2.05, 4.69) is 29.5 Å². The Balaban J connectivity index is 1.34. The van der Waals surface area contributed by atoms with Crippen molar-refractivity contribution in [1.29, 1.82) is 0 Å². The molecule has 3 fully saturated rings. The molecule has 0 aliphatic heterocycles. The molecule has 0 amide bonds. The average molecular weight is 482 g/mol. The molecule has 3 unspecified atom stereocenters. The second-order valence-corrected chi connectivity index (χ2v) is 11.1. The van der Waals surface area contributed by atoms with Crippen LogP contribution in [0, 0.1) is 29.6 Å². The Morgan fingerprint density at radius 2 is 1.35 bits per heavy atom. The zero-order valence-corrected chi connectivity index (χ0v) is 18.5. The zero-order valence-electron chi connectivity index (χ0n) is 16.4. The summed E-state index contributed by atoms with van der Waals surface area (Å²) in [5, 5.41) is 0. The third-order valence-electron chi connectivity index (χ3n) is 7.71. The normalized spacial score (nSPS) is 42.1. The highest BCUT2D eigenvalue weighted by atomic mass is 127. The van der Waals surface area contributed by atoms with Crippen LogP contribution in [0.25, 0.3) is 0 Å². The van der Waals surface area contributed by atoms with Crippen LogP contribution in [0.5, 0.6) is 0 Å². The molecule has 0 radical (unpaired) electrons. The third-order valence-corrected chi connectivity index (χ3v) is 9.02. The minimum Gasteiger partial charge on any atom is -0.319 e. The molecule has 152 valence electrons. The SMILES string of the molecule is CC1CCC(CCC2CCC(C3CCC(OC(F)F)C(I)C3)CC2)CC1. The maximum absolute atomic E-state index is 12.5. The van der Waals surface area contributed by atoms with Crippen molar-refractivity contribution in [2.75, 3.05) is 0 Å². The van der Waals surface area contributed by atoms with Crippen molar-refractivity contribution in [2.45, 2.75) is 107 Å². The monoisotopic (exact) mass is 482 g/mol. The maximum Gasteiger partial charge on any atom is 0.345 e. The van der Waals surface area contributed by atoms with Crippen LogP contribution in [0.1, 0.15) is 90.4 Å². The summed E-state index contributed by atoms with van der Waals surface area (Å²) in [5.41, 5.74) is 0. The van der Waals surface area contributed by atoms with Crippen molar-refractivity contribution in [3.05, 3.63) is 0 Å². The molecular formula is C22H37F2IO. The fourth-order valence-electron chi connectivity index (χ4n) is 5.87. The molecule has 26 heavy (non-hydrogen) atoms. The standard InChI is InChI=1S/C22H37F2IO/c1-15-2-4-16(5-3-15)6-7-17-8-10-18(11-9-17)19-12-13-21(20(25)14-19)26-22(23)24/h15-22H,2-14H2,1H3. The number of hydrogen-bond donors (Lipinski definition) is 0. The first kappa shape index (κ1) is 21.3. The first-order chi connectivity index (χ1) is 12.5. The number of rotatable bonds is 6. The average Bonchev–Trinajstić information content (AvgIpc) is 2.63. The molecule has 0 aromatic rings. The van der Waals surface area contributed by atoms with Gasteiger partial charge in [0.05, 0.1) is 6.10 Å². The Hall–Kier alpha value is 0.550. The summed E-state index contributed by atoms with van der Waals surface area (Å²) >= 11 is 2.35. The lowest BCUT2D eigenvalue weighted by atomic mass is 9.69. The predicted octanol–water partition coefficient (Wildman–Crippen LogP) is 7.61. The molecule has 0 heterocycles. The number of halogens is 3. The van der Waals surface area contributed by atoms with Crippen LogP contribution in [0.3, 0.4) is 0 Å². The van der Waals surface area contributed by atoms with Gasteiger partial charge in [0.1, 0.15) is 0 Å². The van der Waals surface area contributed by atoms with E-state index in [-0.39, 0.29) is 10.0 Å². The Labute approximate surface area is 172 Å². The molecule has 0 N–H and O–H groups in total. The summed E-state index contributed by atoms with van der Waals surface area (Å²) in [6, 6.07) is 0. The highest BCUT2D eigenvalue weighted by Gasteiger charge is 2.36. The van der Waals surface area contributed by atoms with Gasteiger partial charge >= 0.3 is 6.61 Å². The fraction of sp³-hybridized carbons (Fsp3) is 1.00. The van der Waals surface area contributed by atoms with Gasteiger partial charge in [0.25, 0.3) is 0 Å². The highest BCUT2D eigenvalue weighted by Crippen LogP contribution is 2.44. The predicted molar refractivity (Wildman–Crippen MR) is 112 cm³/mol. The first-order valence-corrected chi connectivity index (χ1v) is 12.3. The lowest BCUT2D eigenvalue weighted by Gasteiger charge is -2.40. The molecule has 3 rings (SSSR count). The summed E-state index contributed by atoms with van der Waals surface area (Å²) in [4.78, 5) is 0. The Morgan fingerprint density at radius 3 is 1.88 bits per heavy atom. The molecular weight excluding hydrogens is 445 g/mol. The van der Waals surface area contributed by atoms with Gasteiger partial charge in [-0.1, -0.05) is 80.9 Å². The second kappa shape index (κ2) is 10.4. The van der Waals surface area contributed by atoms with Crippen molar-refractivity contribution in [2.24, 2.45) is 29.6 Å². The molecule has 0 saturated heterocycles. The van der Waals surface area contributed by atoms with E-state index < -0.39 is 6.61 Å². The van der Waals surface area contributed by atoms with Gasteiger partial charge in [-0.2, -0.15) is 8.78 Å². The summed E-state index contributed by atoms with van der Waals surface area (Å²) in [6.45, 7) is -0.207. The third kappa shape index (κ3) is 6.28. The quantitative estimate of drug-likeness (QED) is 0.280. The van der Waals surface area contributed by atoms with Gasteiger partial charge in [-0.3, -0.25) is 0 Å². The fourth-order valence-corrected chi connectivity index (χ4v) is 7.05. The van der Waals surface area contributed by atoms with Crippen LogP contribution >= 0.6 is 22.6 Å². The van der Waals surface area contributed by atoms with E-state index in [1.807, 2.05) is 0 Å². The smallest absolute Gasteiger partial charge is 0.319 e. The van der Waals surface area contributed by atoms with Crippen LogP contribution in [-0.2, 0) is 4.74 Å². The van der Waals surface area contributed by atoms with E-state index in [1.165, 1.54) is 64.2 Å². The number of alkyl halides is 3. The van der Waals surface area contributed by atoms with Crippen LogP contribution in [0.4, 0.5) is 8.78 Å². The van der Waals surface area contributed by atoms with E-state index in [0.717, 1.165) is 48.9 Å². The lowest BCUT2D eigenvalue weighted by Crippen LogP contribution is -2.36. The van der Waals surface area contributed by atoms with Crippen molar-refractivity contribution >= 4 is 22.6 Å². The van der Waals surface area contributed by atoms with Crippen molar-refractivity contribution in [3.63, 3.8) is 0 Å². The minimum absolute atomic E-state index is 0.235. The van der Waals surface area contributed by atoms with Gasteiger partial charge in [-0.15, -0.1) is 0 Å². The van der Waals surface area contributed by atoms with Gasteiger partial charge in [-0.05, 0) is 61.7 Å². The summed E-state index contributed by atoms with van der Waals surface area (Å²) < 4.78 is 30.0. The molecule has 0 bridgehead atoms. The molecule has 3 saturated carbocycles. The summed E-state index contributed by atoms with van der Waals surface area (Å²) in [7, 11) is 0. The molecule has 3 aliphatic carbocycles. The Kier molecular flexibility index (Phi) is 8.47. The van der Waals surface area contributed by atoms with E-state index in [4.69, 9.17) is 4.74 Å². The van der Waals surface area contributed by atoms with E-state index >= 15 is 0 Å². The van der Waals surface area contributed by atoms with Crippen molar-refractivity contribution in [1.82, 2.24) is 0 Å². The molecule has 0 aromatic carbocycles. The Bertz CT molecular complexity index is 403. The molecule has 3 atom stereocenters. The van der Waals surface area contributed by atoms with Crippen LogP contribution in [-0.4, -0.2) is 16.6 Å². The number of hydrogen-bond acceptors (Lipinski definition) is 1. The number of ether oxygens (including phenoxy) is 1. The molecule has 0 spiro atoms. The van der Waals surface area contributed by atoms with Gasteiger partial charge in [0.15, 0.2) is 0 Å². The van der Waals surface area contributed by atoms with Crippen LogP contribution < -0.4 is 0 Å². The topological polar surface area (TPSA) is 9.23 Å². The van der Waals surface area contributed by atoms with Crippen LogP contribution in [0.15, 0.2) is 0 Å². The minimum atomic E-state index is -2.61. The summed E-state index contributed by atoms with van der Waals surface area (Å²) in [6.07, 6.45) is 17.1. The summed E-state index contributed by atoms with van der Waals surface area (Å²) in [5.74, 6) is 4.51. The largest absolute Gasteiger partial charge is 0.345 e. The Morgan fingerprint density at radius 1 is 0.808 bits per heavy atom. The van der Waals surface area contributed by atoms with E-state index in [0.29, 0.717) is 0 Å². The first-order valence-electron chi connectivity index (χ1n) is 11.1.